The number of carbonyl (C=O) groups excluding carboxylic acids is 1. The van der Waals surface area contributed by atoms with Crippen molar-refractivity contribution in [1.29, 1.82) is 0 Å². The quantitative estimate of drug-likeness (QED) is 0.600. The van der Waals surface area contributed by atoms with Gasteiger partial charge in [0, 0.05) is 50.5 Å². The molecule has 4 rings (SSSR count). The van der Waals surface area contributed by atoms with Crippen molar-refractivity contribution < 1.29 is 9.21 Å². The maximum absolute atomic E-state index is 12.7. The zero-order valence-electron chi connectivity index (χ0n) is 17.0. The summed E-state index contributed by atoms with van der Waals surface area (Å²) in [5.41, 5.74) is 2.61. The summed E-state index contributed by atoms with van der Waals surface area (Å²) in [6, 6.07) is 17.8. The van der Waals surface area contributed by atoms with Crippen molar-refractivity contribution in [2.45, 2.75) is 13.1 Å². The lowest BCUT2D eigenvalue weighted by molar-refractivity contribution is 0.0779. The topological polar surface area (TPSA) is 52.8 Å². The van der Waals surface area contributed by atoms with Crippen molar-refractivity contribution in [3.63, 3.8) is 0 Å². The van der Waals surface area contributed by atoms with E-state index in [4.69, 9.17) is 16.0 Å². The predicted molar refractivity (Wildman–Crippen MR) is 118 cm³/mol. The first kappa shape index (κ1) is 20.4. The van der Waals surface area contributed by atoms with Crippen LogP contribution in [0.25, 0.3) is 0 Å². The van der Waals surface area contributed by atoms with Crippen LogP contribution in [0.5, 0.6) is 0 Å². The van der Waals surface area contributed by atoms with E-state index in [1.54, 1.807) is 11.9 Å². The summed E-state index contributed by atoms with van der Waals surface area (Å²) in [6.45, 7) is 4.80. The Labute approximate surface area is 181 Å². The first-order chi connectivity index (χ1) is 14.6. The molecular weight excluding hydrogens is 400 g/mol. The van der Waals surface area contributed by atoms with E-state index in [0.717, 1.165) is 36.8 Å². The molecule has 0 unspecified atom stereocenters. The third kappa shape index (κ3) is 5.01. The lowest BCUT2D eigenvalue weighted by Gasteiger charge is -2.35. The lowest BCUT2D eigenvalue weighted by Crippen LogP contribution is -2.46. The molecule has 156 valence electrons. The minimum atomic E-state index is -0.138. The van der Waals surface area contributed by atoms with E-state index >= 15 is 0 Å². The van der Waals surface area contributed by atoms with Crippen molar-refractivity contribution >= 4 is 23.2 Å². The van der Waals surface area contributed by atoms with Crippen LogP contribution in [0.4, 0.5) is 5.69 Å². The molecule has 2 aromatic carbocycles. The third-order valence-corrected chi connectivity index (χ3v) is 5.56. The Morgan fingerprint density at radius 1 is 1.07 bits per heavy atom. The second kappa shape index (κ2) is 9.32. The summed E-state index contributed by atoms with van der Waals surface area (Å²) in [6.07, 6.45) is 1.46. The van der Waals surface area contributed by atoms with Gasteiger partial charge in [0.25, 0.3) is 5.91 Å². The monoisotopic (exact) mass is 424 g/mol. The Bertz CT molecular complexity index is 966. The van der Waals surface area contributed by atoms with Gasteiger partial charge in [-0.05, 0) is 29.8 Å². The fraction of sp³-hybridized carbons (Fsp3) is 0.304. The largest absolute Gasteiger partial charge is 0.447 e. The fourth-order valence-electron chi connectivity index (χ4n) is 3.61. The number of carbonyl (C=O) groups is 1. The van der Waals surface area contributed by atoms with E-state index in [2.05, 4.69) is 26.9 Å². The van der Waals surface area contributed by atoms with Crippen LogP contribution in [0, 0.1) is 0 Å². The number of halogens is 1. The molecule has 1 aliphatic heterocycles. The lowest BCUT2D eigenvalue weighted by atomic mass is 10.2. The Morgan fingerprint density at radius 3 is 2.47 bits per heavy atom. The van der Waals surface area contributed by atoms with Gasteiger partial charge < -0.3 is 14.2 Å². The van der Waals surface area contributed by atoms with Gasteiger partial charge in [0.2, 0.25) is 5.89 Å². The van der Waals surface area contributed by atoms with Gasteiger partial charge in [0.1, 0.15) is 6.26 Å². The molecule has 30 heavy (non-hydrogen) atoms. The molecule has 0 N–H and O–H groups in total. The summed E-state index contributed by atoms with van der Waals surface area (Å²) < 4.78 is 5.59. The summed E-state index contributed by atoms with van der Waals surface area (Å²) in [5, 5.41) is 0.751. The van der Waals surface area contributed by atoms with Crippen LogP contribution in [0.3, 0.4) is 0 Å². The number of amides is 1. The van der Waals surface area contributed by atoms with Crippen molar-refractivity contribution in [2.24, 2.45) is 0 Å². The van der Waals surface area contributed by atoms with Crippen molar-refractivity contribution in [2.75, 3.05) is 38.1 Å². The summed E-state index contributed by atoms with van der Waals surface area (Å²) in [4.78, 5) is 23.4. The Kier molecular flexibility index (Phi) is 6.35. The molecule has 0 saturated carbocycles. The molecule has 1 aromatic heterocycles. The van der Waals surface area contributed by atoms with Crippen LogP contribution in [0.2, 0.25) is 5.02 Å². The van der Waals surface area contributed by atoms with Crippen LogP contribution in [0.1, 0.15) is 21.9 Å². The predicted octanol–water partition coefficient (Wildman–Crippen LogP) is 3.92. The van der Waals surface area contributed by atoms with Crippen LogP contribution in [-0.4, -0.2) is 53.9 Å². The molecule has 1 saturated heterocycles. The summed E-state index contributed by atoms with van der Waals surface area (Å²) in [5.74, 6) is 0.438. The van der Waals surface area contributed by atoms with Gasteiger partial charge in [0.15, 0.2) is 5.69 Å². The summed E-state index contributed by atoms with van der Waals surface area (Å²) >= 11 is 5.98. The number of nitrogens with zero attached hydrogens (tertiary/aromatic N) is 4. The van der Waals surface area contributed by atoms with Gasteiger partial charge in [-0.2, -0.15) is 0 Å². The van der Waals surface area contributed by atoms with Crippen molar-refractivity contribution in [3.05, 3.63) is 83.0 Å². The van der Waals surface area contributed by atoms with E-state index < -0.39 is 0 Å². The van der Waals surface area contributed by atoms with Gasteiger partial charge in [-0.1, -0.05) is 41.9 Å². The number of hydrogen-bond acceptors (Lipinski definition) is 5. The number of hydrogen-bond donors (Lipinski definition) is 0. The highest BCUT2D eigenvalue weighted by Crippen LogP contribution is 2.20. The highest BCUT2D eigenvalue weighted by molar-refractivity contribution is 6.30. The molecule has 0 atom stereocenters. The molecule has 3 aromatic rings. The molecule has 1 aliphatic rings. The Hall–Kier alpha value is -2.83. The standard InChI is InChI=1S/C23H25ClN4O2/c1-26(15-18-5-3-2-4-6-18)23(29)21-17-30-22(25-21)16-27-11-13-28(14-12-27)20-9-7-19(24)8-10-20/h2-10,17H,11-16H2,1H3. The van der Waals surface area contributed by atoms with Crippen LogP contribution < -0.4 is 4.90 Å². The third-order valence-electron chi connectivity index (χ3n) is 5.30. The van der Waals surface area contributed by atoms with Crippen molar-refractivity contribution in [3.8, 4) is 0 Å². The van der Waals surface area contributed by atoms with Gasteiger partial charge in [0.05, 0.1) is 6.54 Å². The molecule has 2 heterocycles. The smallest absolute Gasteiger partial charge is 0.275 e. The number of benzene rings is 2. The highest BCUT2D eigenvalue weighted by atomic mass is 35.5. The highest BCUT2D eigenvalue weighted by Gasteiger charge is 2.21. The zero-order chi connectivity index (χ0) is 20.9. The van der Waals surface area contributed by atoms with Gasteiger partial charge >= 0.3 is 0 Å². The molecule has 0 spiro atoms. The molecule has 0 aliphatic carbocycles. The SMILES string of the molecule is CN(Cc1ccccc1)C(=O)c1coc(CN2CCN(c3ccc(Cl)cc3)CC2)n1. The minimum Gasteiger partial charge on any atom is -0.447 e. The van der Waals surface area contributed by atoms with Gasteiger partial charge in [-0.15, -0.1) is 0 Å². The first-order valence-electron chi connectivity index (χ1n) is 10.0. The maximum Gasteiger partial charge on any atom is 0.275 e. The number of rotatable bonds is 6. The molecule has 1 fully saturated rings. The normalized spacial score (nSPS) is 14.7. The van der Waals surface area contributed by atoms with Gasteiger partial charge in [-0.25, -0.2) is 4.98 Å². The number of aromatic nitrogens is 1. The van der Waals surface area contributed by atoms with E-state index in [1.807, 2.05) is 42.5 Å². The minimum absolute atomic E-state index is 0.138. The zero-order valence-corrected chi connectivity index (χ0v) is 17.8. The van der Waals surface area contributed by atoms with Crippen LogP contribution in [0.15, 0.2) is 65.3 Å². The van der Waals surface area contributed by atoms with Crippen LogP contribution >= 0.6 is 11.6 Å². The fourth-order valence-corrected chi connectivity index (χ4v) is 3.74. The van der Waals surface area contributed by atoms with E-state index in [1.165, 1.54) is 12.0 Å². The molecular formula is C23H25ClN4O2. The second-order valence-electron chi connectivity index (χ2n) is 7.51. The number of oxazole rings is 1. The first-order valence-corrected chi connectivity index (χ1v) is 10.4. The molecule has 0 radical (unpaired) electrons. The average Bonchev–Trinajstić information content (AvgIpc) is 3.23. The van der Waals surface area contributed by atoms with E-state index in [0.29, 0.717) is 24.7 Å². The van der Waals surface area contributed by atoms with Gasteiger partial charge in [-0.3, -0.25) is 9.69 Å². The molecule has 0 bridgehead atoms. The Morgan fingerprint density at radius 2 is 1.77 bits per heavy atom. The average molecular weight is 425 g/mol. The number of anilines is 1. The van der Waals surface area contributed by atoms with Crippen molar-refractivity contribution in [1.82, 2.24) is 14.8 Å². The maximum atomic E-state index is 12.7. The van der Waals surface area contributed by atoms with Crippen LogP contribution in [-0.2, 0) is 13.1 Å². The molecule has 7 heteroatoms. The molecule has 6 nitrogen and oxygen atoms in total. The number of piperazine rings is 1. The molecule has 1 amide bonds. The van der Waals surface area contributed by atoms with E-state index in [9.17, 15) is 4.79 Å². The second-order valence-corrected chi connectivity index (χ2v) is 7.95. The Balaban J connectivity index is 1.29. The summed E-state index contributed by atoms with van der Waals surface area (Å²) in [7, 11) is 1.78. The van der Waals surface area contributed by atoms with E-state index in [-0.39, 0.29) is 5.91 Å².